The standard InChI is InChI=1S/C16H24FN3/c1-2-18-11-13-10-14(17)5-6-16(13)20-9-8-19-7-3-4-15(19)12-20/h5-6,10,15,18H,2-4,7-9,11-12H2,1H3. The number of hydrogen-bond acceptors (Lipinski definition) is 3. The van der Waals surface area contributed by atoms with Gasteiger partial charge in [0.2, 0.25) is 0 Å². The molecule has 0 bridgehead atoms. The molecule has 2 saturated heterocycles. The fraction of sp³-hybridized carbons (Fsp3) is 0.625. The van der Waals surface area contributed by atoms with Crippen LogP contribution in [-0.4, -0.2) is 43.7 Å². The lowest BCUT2D eigenvalue weighted by atomic mass is 10.1. The normalized spacial score (nSPS) is 23.1. The molecule has 20 heavy (non-hydrogen) atoms. The van der Waals surface area contributed by atoms with Crippen LogP contribution in [0.5, 0.6) is 0 Å². The van der Waals surface area contributed by atoms with E-state index in [4.69, 9.17) is 0 Å². The number of fused-ring (bicyclic) bond motifs is 1. The van der Waals surface area contributed by atoms with Crippen molar-refractivity contribution >= 4 is 5.69 Å². The fourth-order valence-electron chi connectivity index (χ4n) is 3.47. The van der Waals surface area contributed by atoms with Crippen molar-refractivity contribution < 1.29 is 4.39 Å². The topological polar surface area (TPSA) is 18.5 Å². The minimum Gasteiger partial charge on any atom is -0.368 e. The molecule has 1 aromatic rings. The minimum absolute atomic E-state index is 0.138. The molecule has 1 unspecified atom stereocenters. The number of benzene rings is 1. The Balaban J connectivity index is 1.78. The quantitative estimate of drug-likeness (QED) is 0.910. The second-order valence-corrected chi connectivity index (χ2v) is 5.83. The molecule has 0 radical (unpaired) electrons. The number of nitrogens with one attached hydrogen (secondary N) is 1. The highest BCUT2D eigenvalue weighted by atomic mass is 19.1. The Morgan fingerprint density at radius 3 is 3.05 bits per heavy atom. The van der Waals surface area contributed by atoms with E-state index in [0.29, 0.717) is 6.04 Å². The highest BCUT2D eigenvalue weighted by Crippen LogP contribution is 2.28. The molecule has 0 amide bonds. The summed E-state index contributed by atoms with van der Waals surface area (Å²) >= 11 is 0. The van der Waals surface area contributed by atoms with E-state index in [0.717, 1.165) is 38.3 Å². The Labute approximate surface area is 120 Å². The number of halogens is 1. The molecule has 110 valence electrons. The minimum atomic E-state index is -0.138. The maximum atomic E-state index is 13.5. The van der Waals surface area contributed by atoms with Crippen LogP contribution in [0.25, 0.3) is 0 Å². The van der Waals surface area contributed by atoms with Crippen LogP contribution in [0.1, 0.15) is 25.3 Å². The first-order valence-electron chi connectivity index (χ1n) is 7.76. The van der Waals surface area contributed by atoms with Gasteiger partial charge in [-0.05, 0) is 49.7 Å². The Morgan fingerprint density at radius 2 is 2.20 bits per heavy atom. The molecule has 1 N–H and O–H groups in total. The Morgan fingerprint density at radius 1 is 1.30 bits per heavy atom. The van der Waals surface area contributed by atoms with E-state index >= 15 is 0 Å². The molecule has 2 aliphatic heterocycles. The molecular weight excluding hydrogens is 253 g/mol. The maximum Gasteiger partial charge on any atom is 0.123 e. The average molecular weight is 277 g/mol. The summed E-state index contributed by atoms with van der Waals surface area (Å²) in [7, 11) is 0. The van der Waals surface area contributed by atoms with Crippen molar-refractivity contribution in [1.29, 1.82) is 0 Å². The van der Waals surface area contributed by atoms with Crippen molar-refractivity contribution in [2.45, 2.75) is 32.4 Å². The van der Waals surface area contributed by atoms with E-state index in [1.165, 1.54) is 25.1 Å². The van der Waals surface area contributed by atoms with Crippen LogP contribution < -0.4 is 10.2 Å². The van der Waals surface area contributed by atoms with Crippen LogP contribution in [0.4, 0.5) is 10.1 Å². The molecular formula is C16H24FN3. The van der Waals surface area contributed by atoms with Crippen LogP contribution in [-0.2, 0) is 6.54 Å². The van der Waals surface area contributed by atoms with E-state index in [2.05, 4.69) is 22.0 Å². The van der Waals surface area contributed by atoms with Crippen LogP contribution in [0.15, 0.2) is 18.2 Å². The van der Waals surface area contributed by atoms with E-state index in [1.807, 2.05) is 6.07 Å². The molecule has 0 aromatic heterocycles. The second-order valence-electron chi connectivity index (χ2n) is 5.83. The molecule has 3 rings (SSSR count). The summed E-state index contributed by atoms with van der Waals surface area (Å²) in [6, 6.07) is 5.91. The largest absolute Gasteiger partial charge is 0.368 e. The van der Waals surface area contributed by atoms with E-state index in [-0.39, 0.29) is 5.82 Å². The van der Waals surface area contributed by atoms with Gasteiger partial charge in [-0.15, -0.1) is 0 Å². The lowest BCUT2D eigenvalue weighted by Crippen LogP contribution is -2.50. The molecule has 3 nitrogen and oxygen atoms in total. The monoisotopic (exact) mass is 277 g/mol. The third-order valence-electron chi connectivity index (χ3n) is 4.54. The summed E-state index contributed by atoms with van der Waals surface area (Å²) in [5, 5.41) is 3.31. The van der Waals surface area contributed by atoms with Gasteiger partial charge < -0.3 is 10.2 Å². The highest BCUT2D eigenvalue weighted by Gasteiger charge is 2.31. The van der Waals surface area contributed by atoms with E-state index in [9.17, 15) is 4.39 Å². The number of anilines is 1. The molecule has 4 heteroatoms. The molecule has 2 heterocycles. The Kier molecular flexibility index (Phi) is 4.22. The molecule has 1 atom stereocenters. The molecule has 1 aromatic carbocycles. The lowest BCUT2D eigenvalue weighted by Gasteiger charge is -2.39. The summed E-state index contributed by atoms with van der Waals surface area (Å²) < 4.78 is 13.5. The van der Waals surface area contributed by atoms with Crippen LogP contribution in [0, 0.1) is 5.82 Å². The fourth-order valence-corrected chi connectivity index (χ4v) is 3.47. The SMILES string of the molecule is CCNCc1cc(F)ccc1N1CCN2CCCC2C1. The summed E-state index contributed by atoms with van der Waals surface area (Å²) in [6.45, 7) is 8.28. The van der Waals surface area contributed by atoms with Crippen molar-refractivity contribution in [3.8, 4) is 0 Å². The first-order valence-corrected chi connectivity index (χ1v) is 7.76. The van der Waals surface area contributed by atoms with Gasteiger partial charge in [0.1, 0.15) is 5.82 Å². The van der Waals surface area contributed by atoms with Crippen molar-refractivity contribution in [3.63, 3.8) is 0 Å². The van der Waals surface area contributed by atoms with Gasteiger partial charge in [0.15, 0.2) is 0 Å². The van der Waals surface area contributed by atoms with Crippen molar-refractivity contribution in [3.05, 3.63) is 29.6 Å². The number of hydrogen-bond donors (Lipinski definition) is 1. The van der Waals surface area contributed by atoms with Gasteiger partial charge in [0, 0.05) is 37.9 Å². The zero-order chi connectivity index (χ0) is 13.9. The van der Waals surface area contributed by atoms with Gasteiger partial charge in [-0.3, -0.25) is 4.90 Å². The molecule has 2 aliphatic rings. The van der Waals surface area contributed by atoms with Gasteiger partial charge in [-0.1, -0.05) is 6.92 Å². The number of nitrogens with zero attached hydrogens (tertiary/aromatic N) is 2. The molecule has 0 aliphatic carbocycles. The third-order valence-corrected chi connectivity index (χ3v) is 4.54. The average Bonchev–Trinajstić information content (AvgIpc) is 2.92. The summed E-state index contributed by atoms with van der Waals surface area (Å²) in [5.74, 6) is -0.138. The van der Waals surface area contributed by atoms with Crippen molar-refractivity contribution in [2.75, 3.05) is 37.6 Å². The third kappa shape index (κ3) is 2.81. The number of piperazine rings is 1. The van der Waals surface area contributed by atoms with E-state index < -0.39 is 0 Å². The van der Waals surface area contributed by atoms with Crippen LogP contribution >= 0.6 is 0 Å². The maximum absolute atomic E-state index is 13.5. The van der Waals surface area contributed by atoms with Gasteiger partial charge in [0.05, 0.1) is 0 Å². The first kappa shape index (κ1) is 13.8. The zero-order valence-electron chi connectivity index (χ0n) is 12.2. The zero-order valence-corrected chi connectivity index (χ0v) is 12.2. The van der Waals surface area contributed by atoms with Crippen molar-refractivity contribution in [2.24, 2.45) is 0 Å². The summed E-state index contributed by atoms with van der Waals surface area (Å²) in [5.41, 5.74) is 2.29. The Hall–Kier alpha value is -1.13. The molecule has 0 spiro atoms. The number of rotatable bonds is 4. The van der Waals surface area contributed by atoms with Crippen LogP contribution in [0.2, 0.25) is 0 Å². The van der Waals surface area contributed by atoms with Gasteiger partial charge in [0.25, 0.3) is 0 Å². The summed E-state index contributed by atoms with van der Waals surface area (Å²) in [4.78, 5) is 5.04. The molecule has 0 saturated carbocycles. The Bertz CT molecular complexity index is 463. The first-order chi connectivity index (χ1) is 9.78. The van der Waals surface area contributed by atoms with E-state index in [1.54, 1.807) is 12.1 Å². The van der Waals surface area contributed by atoms with Crippen molar-refractivity contribution in [1.82, 2.24) is 10.2 Å². The van der Waals surface area contributed by atoms with Gasteiger partial charge >= 0.3 is 0 Å². The van der Waals surface area contributed by atoms with Gasteiger partial charge in [-0.25, -0.2) is 4.39 Å². The van der Waals surface area contributed by atoms with Gasteiger partial charge in [-0.2, -0.15) is 0 Å². The predicted molar refractivity (Wildman–Crippen MR) is 80.6 cm³/mol. The summed E-state index contributed by atoms with van der Waals surface area (Å²) in [6.07, 6.45) is 2.63. The molecule has 2 fully saturated rings. The predicted octanol–water partition coefficient (Wildman–Crippen LogP) is 2.22. The lowest BCUT2D eigenvalue weighted by molar-refractivity contribution is 0.231. The second kappa shape index (κ2) is 6.10. The van der Waals surface area contributed by atoms with Crippen LogP contribution in [0.3, 0.4) is 0 Å². The highest BCUT2D eigenvalue weighted by molar-refractivity contribution is 5.54. The smallest absolute Gasteiger partial charge is 0.123 e.